The number of halogens is 1. The molecule has 3 rings (SSSR count). The summed E-state index contributed by atoms with van der Waals surface area (Å²) in [5, 5.41) is 15.7. The SMILES string of the molecule is CCc1ccc(C(C#N)NC(=O)C(Cc2c[nH]c3cc(F)ccc23)NC(C)=O)cc1. The van der Waals surface area contributed by atoms with Crippen molar-refractivity contribution >= 4 is 22.7 Å². The maximum Gasteiger partial charge on any atom is 0.244 e. The fourth-order valence-electron chi connectivity index (χ4n) is 3.38. The minimum absolute atomic E-state index is 0.198. The lowest BCUT2D eigenvalue weighted by molar-refractivity contribution is -0.128. The van der Waals surface area contributed by atoms with Crippen LogP contribution in [0.15, 0.2) is 48.7 Å². The lowest BCUT2D eigenvalue weighted by atomic mass is 10.0. The number of amides is 2. The van der Waals surface area contributed by atoms with Crippen molar-refractivity contribution in [1.29, 1.82) is 5.26 Å². The highest BCUT2D eigenvalue weighted by molar-refractivity contribution is 5.89. The molecule has 2 unspecified atom stereocenters. The van der Waals surface area contributed by atoms with Crippen molar-refractivity contribution in [1.82, 2.24) is 15.6 Å². The van der Waals surface area contributed by atoms with Crippen molar-refractivity contribution in [2.45, 2.75) is 38.8 Å². The summed E-state index contributed by atoms with van der Waals surface area (Å²) in [6, 6.07) is 12.2. The molecular formula is C23H23FN4O2. The Labute approximate surface area is 174 Å². The summed E-state index contributed by atoms with van der Waals surface area (Å²) in [4.78, 5) is 27.6. The molecule has 0 aliphatic carbocycles. The minimum Gasteiger partial charge on any atom is -0.361 e. The number of H-pyrrole nitrogens is 1. The number of aryl methyl sites for hydroxylation is 1. The average molecular weight is 406 g/mol. The Morgan fingerprint density at radius 2 is 1.90 bits per heavy atom. The highest BCUT2D eigenvalue weighted by atomic mass is 19.1. The summed E-state index contributed by atoms with van der Waals surface area (Å²) in [6.45, 7) is 3.37. The van der Waals surface area contributed by atoms with Crippen LogP contribution >= 0.6 is 0 Å². The summed E-state index contributed by atoms with van der Waals surface area (Å²) in [7, 11) is 0. The number of hydrogen-bond acceptors (Lipinski definition) is 3. The van der Waals surface area contributed by atoms with Gasteiger partial charge in [-0.1, -0.05) is 31.2 Å². The van der Waals surface area contributed by atoms with E-state index in [9.17, 15) is 19.2 Å². The molecule has 0 spiro atoms. The van der Waals surface area contributed by atoms with Crippen LogP contribution in [0, 0.1) is 17.1 Å². The maximum atomic E-state index is 13.4. The predicted molar refractivity (Wildman–Crippen MR) is 112 cm³/mol. The maximum absolute atomic E-state index is 13.4. The molecule has 0 bridgehead atoms. The number of carbonyl (C=O) groups excluding carboxylic acids is 2. The number of hydrogen-bond donors (Lipinski definition) is 3. The first kappa shape index (κ1) is 21.1. The number of nitriles is 1. The van der Waals surface area contributed by atoms with Crippen molar-refractivity contribution < 1.29 is 14.0 Å². The number of benzene rings is 2. The Morgan fingerprint density at radius 3 is 2.53 bits per heavy atom. The van der Waals surface area contributed by atoms with Gasteiger partial charge in [0.15, 0.2) is 0 Å². The van der Waals surface area contributed by atoms with E-state index in [0.717, 1.165) is 22.9 Å². The molecule has 0 aliphatic heterocycles. The van der Waals surface area contributed by atoms with Gasteiger partial charge in [-0.15, -0.1) is 0 Å². The summed E-state index contributed by atoms with van der Waals surface area (Å²) < 4.78 is 13.4. The quantitative estimate of drug-likeness (QED) is 0.562. The molecular weight excluding hydrogens is 383 g/mol. The van der Waals surface area contributed by atoms with E-state index in [0.29, 0.717) is 11.1 Å². The fraction of sp³-hybridized carbons (Fsp3) is 0.261. The molecule has 2 amide bonds. The lowest BCUT2D eigenvalue weighted by Crippen LogP contribution is -2.48. The number of fused-ring (bicyclic) bond motifs is 1. The van der Waals surface area contributed by atoms with Crippen LogP contribution in [0.3, 0.4) is 0 Å². The molecule has 0 saturated carbocycles. The molecule has 0 aliphatic rings. The molecule has 0 fully saturated rings. The van der Waals surface area contributed by atoms with Crippen molar-refractivity contribution in [2.75, 3.05) is 0 Å². The summed E-state index contributed by atoms with van der Waals surface area (Å²) >= 11 is 0. The molecule has 0 saturated heterocycles. The van der Waals surface area contributed by atoms with Gasteiger partial charge in [0.1, 0.15) is 17.9 Å². The zero-order chi connectivity index (χ0) is 21.7. The van der Waals surface area contributed by atoms with Crippen LogP contribution in [-0.2, 0) is 22.4 Å². The summed E-state index contributed by atoms with van der Waals surface area (Å²) in [6.07, 6.45) is 2.77. The summed E-state index contributed by atoms with van der Waals surface area (Å²) in [5.74, 6) is -1.19. The molecule has 154 valence electrons. The molecule has 2 atom stereocenters. The Bertz CT molecular complexity index is 1100. The van der Waals surface area contributed by atoms with Gasteiger partial charge in [0.25, 0.3) is 0 Å². The molecule has 1 aromatic heterocycles. The Kier molecular flexibility index (Phi) is 6.48. The largest absolute Gasteiger partial charge is 0.361 e. The normalized spacial score (nSPS) is 12.7. The van der Waals surface area contributed by atoms with Crippen molar-refractivity contribution in [3.05, 3.63) is 71.2 Å². The second-order valence-corrected chi connectivity index (χ2v) is 7.13. The van der Waals surface area contributed by atoms with E-state index in [1.54, 1.807) is 12.3 Å². The third-order valence-corrected chi connectivity index (χ3v) is 4.98. The molecule has 1 heterocycles. The van der Waals surface area contributed by atoms with Crippen molar-refractivity contribution in [2.24, 2.45) is 0 Å². The highest BCUT2D eigenvalue weighted by Gasteiger charge is 2.24. The van der Waals surface area contributed by atoms with Gasteiger partial charge < -0.3 is 15.6 Å². The molecule has 2 aromatic carbocycles. The van der Waals surface area contributed by atoms with Gasteiger partial charge in [-0.3, -0.25) is 9.59 Å². The average Bonchev–Trinajstić information content (AvgIpc) is 3.12. The zero-order valence-corrected chi connectivity index (χ0v) is 16.8. The van der Waals surface area contributed by atoms with E-state index in [1.165, 1.54) is 19.1 Å². The Hall–Kier alpha value is -3.66. The molecule has 0 radical (unpaired) electrons. The van der Waals surface area contributed by atoms with Crippen molar-refractivity contribution in [3.63, 3.8) is 0 Å². The molecule has 3 N–H and O–H groups in total. The van der Waals surface area contributed by atoms with Gasteiger partial charge >= 0.3 is 0 Å². The first-order chi connectivity index (χ1) is 14.4. The first-order valence-electron chi connectivity index (χ1n) is 9.72. The van der Waals surface area contributed by atoms with Gasteiger partial charge in [0, 0.05) is 30.4 Å². The standard InChI is InChI=1S/C23H23FN4O2/c1-3-15-4-6-16(7-5-15)22(12-25)28-23(30)21(27-14(2)29)10-17-13-26-20-11-18(24)8-9-19(17)20/h4-9,11,13,21-22,26H,3,10H2,1-2H3,(H,27,29)(H,28,30). The number of carbonyl (C=O) groups is 2. The lowest BCUT2D eigenvalue weighted by Gasteiger charge is -2.20. The third kappa shape index (κ3) is 4.84. The van der Waals surface area contributed by atoms with Crippen LogP contribution in [0.4, 0.5) is 4.39 Å². The third-order valence-electron chi connectivity index (χ3n) is 4.98. The minimum atomic E-state index is -0.877. The first-order valence-corrected chi connectivity index (χ1v) is 9.72. The van der Waals surface area contributed by atoms with E-state index in [2.05, 4.69) is 21.7 Å². The van der Waals surface area contributed by atoms with E-state index in [4.69, 9.17) is 0 Å². The van der Waals surface area contributed by atoms with E-state index in [-0.39, 0.29) is 18.1 Å². The van der Waals surface area contributed by atoms with Crippen LogP contribution in [0.25, 0.3) is 10.9 Å². The van der Waals surface area contributed by atoms with E-state index < -0.39 is 18.0 Å². The van der Waals surface area contributed by atoms with Gasteiger partial charge in [-0.2, -0.15) is 5.26 Å². The molecule has 7 heteroatoms. The van der Waals surface area contributed by atoms with Gasteiger partial charge in [0.05, 0.1) is 6.07 Å². The zero-order valence-electron chi connectivity index (χ0n) is 16.8. The van der Waals surface area contributed by atoms with Crippen LogP contribution in [0.5, 0.6) is 0 Å². The van der Waals surface area contributed by atoms with Crippen LogP contribution in [0.2, 0.25) is 0 Å². The number of nitrogens with zero attached hydrogens (tertiary/aromatic N) is 1. The van der Waals surface area contributed by atoms with E-state index >= 15 is 0 Å². The molecule has 30 heavy (non-hydrogen) atoms. The predicted octanol–water partition coefficient (Wildman–Crippen LogP) is 3.30. The summed E-state index contributed by atoms with van der Waals surface area (Å²) in [5.41, 5.74) is 3.18. The van der Waals surface area contributed by atoms with Crippen LogP contribution in [-0.4, -0.2) is 22.8 Å². The molecule has 3 aromatic rings. The number of aromatic amines is 1. The fourth-order valence-corrected chi connectivity index (χ4v) is 3.38. The smallest absolute Gasteiger partial charge is 0.244 e. The number of aromatic nitrogens is 1. The van der Waals surface area contributed by atoms with Crippen LogP contribution < -0.4 is 10.6 Å². The monoisotopic (exact) mass is 406 g/mol. The van der Waals surface area contributed by atoms with Crippen molar-refractivity contribution in [3.8, 4) is 6.07 Å². The van der Waals surface area contributed by atoms with E-state index in [1.807, 2.05) is 31.2 Å². The number of nitrogens with one attached hydrogen (secondary N) is 3. The topological polar surface area (TPSA) is 97.8 Å². The van der Waals surface area contributed by atoms with Crippen LogP contribution in [0.1, 0.15) is 36.6 Å². The Morgan fingerprint density at radius 1 is 1.17 bits per heavy atom. The van der Waals surface area contributed by atoms with Gasteiger partial charge in [-0.25, -0.2) is 4.39 Å². The van der Waals surface area contributed by atoms with Gasteiger partial charge in [-0.05, 0) is 41.3 Å². The number of rotatable bonds is 7. The Balaban J connectivity index is 1.80. The second-order valence-electron chi connectivity index (χ2n) is 7.13. The highest BCUT2D eigenvalue weighted by Crippen LogP contribution is 2.21. The second kappa shape index (κ2) is 9.23. The van der Waals surface area contributed by atoms with Gasteiger partial charge in [0.2, 0.25) is 11.8 Å². The molecule has 6 nitrogen and oxygen atoms in total.